The molecule has 1 aromatic carbocycles. The molecule has 0 aliphatic rings. The van der Waals surface area contributed by atoms with Gasteiger partial charge in [0.15, 0.2) is 5.69 Å². The minimum absolute atomic E-state index is 0.131. The number of sulfonamides is 1. The predicted molar refractivity (Wildman–Crippen MR) is 110 cm³/mol. The number of primary sulfonamides is 1. The van der Waals surface area contributed by atoms with E-state index in [4.69, 9.17) is 5.14 Å². The summed E-state index contributed by atoms with van der Waals surface area (Å²) in [5.74, 6) is 0. The van der Waals surface area contributed by atoms with Crippen LogP contribution in [0.25, 0.3) is 5.69 Å². The Balaban J connectivity index is 0.00000143. The zero-order valence-corrected chi connectivity index (χ0v) is 17.9. The molecule has 0 saturated heterocycles. The maximum absolute atomic E-state index is 12.9. The summed E-state index contributed by atoms with van der Waals surface area (Å²) in [5.41, 5.74) is 0.359. The zero-order chi connectivity index (χ0) is 22.8. The fraction of sp³-hybridized carbons (Fsp3) is 0.350. The third kappa shape index (κ3) is 8.25. The van der Waals surface area contributed by atoms with Crippen LogP contribution >= 0.6 is 0 Å². The molecule has 2 rings (SSSR count). The first-order valence-corrected chi connectivity index (χ1v) is 10.5. The number of rotatable bonds is 5. The lowest BCUT2D eigenvalue weighted by molar-refractivity contribution is -0.141. The summed E-state index contributed by atoms with van der Waals surface area (Å²) >= 11 is 0. The van der Waals surface area contributed by atoms with E-state index in [1.807, 2.05) is 27.7 Å². The first-order valence-electron chi connectivity index (χ1n) is 8.97. The van der Waals surface area contributed by atoms with Crippen molar-refractivity contribution >= 4 is 10.0 Å². The number of hydrogen-bond acceptors (Lipinski definition) is 3. The average molecular weight is 432 g/mol. The van der Waals surface area contributed by atoms with Crippen molar-refractivity contribution in [2.75, 3.05) is 0 Å². The van der Waals surface area contributed by atoms with Gasteiger partial charge in [0, 0.05) is 12.1 Å². The van der Waals surface area contributed by atoms with Crippen LogP contribution in [0.15, 0.2) is 60.0 Å². The molecule has 0 bridgehead atoms. The van der Waals surface area contributed by atoms with Crippen LogP contribution in [-0.4, -0.2) is 18.2 Å². The van der Waals surface area contributed by atoms with Crippen LogP contribution in [-0.2, 0) is 22.6 Å². The van der Waals surface area contributed by atoms with E-state index in [1.165, 1.54) is 24.3 Å². The molecule has 9 heteroatoms. The SMILES string of the molecule is C=C(CC)Cc1cc(C(F)(F)F)nn1-c1ccc(S(N)(=O)=O)cc1.C=CC.CC. The predicted octanol–water partition coefficient (Wildman–Crippen LogP) is 5.27. The molecule has 29 heavy (non-hydrogen) atoms. The van der Waals surface area contributed by atoms with Gasteiger partial charge in [0.25, 0.3) is 0 Å². The molecule has 2 aromatic rings. The second kappa shape index (κ2) is 11.6. The van der Waals surface area contributed by atoms with E-state index >= 15 is 0 Å². The molecule has 0 unspecified atom stereocenters. The van der Waals surface area contributed by atoms with E-state index in [1.54, 1.807) is 6.08 Å². The van der Waals surface area contributed by atoms with E-state index in [0.29, 0.717) is 17.8 Å². The number of nitrogens with two attached hydrogens (primary N) is 1. The molecule has 162 valence electrons. The molecule has 1 aromatic heterocycles. The van der Waals surface area contributed by atoms with Gasteiger partial charge >= 0.3 is 6.18 Å². The number of nitrogens with zero attached hydrogens (tertiary/aromatic N) is 2. The molecule has 0 atom stereocenters. The van der Waals surface area contributed by atoms with Gasteiger partial charge < -0.3 is 0 Å². The Labute approximate surface area is 170 Å². The minimum atomic E-state index is -4.58. The van der Waals surface area contributed by atoms with Gasteiger partial charge in [-0.1, -0.05) is 39.0 Å². The number of halogens is 3. The van der Waals surface area contributed by atoms with Crippen molar-refractivity contribution in [3.63, 3.8) is 0 Å². The van der Waals surface area contributed by atoms with Crippen LogP contribution in [0.1, 0.15) is 45.5 Å². The Kier molecular flexibility index (Phi) is 10.6. The highest BCUT2D eigenvalue weighted by Crippen LogP contribution is 2.30. The molecule has 0 fully saturated rings. The van der Waals surface area contributed by atoms with Crippen LogP contribution in [0.4, 0.5) is 13.2 Å². The molecule has 0 amide bonds. The van der Waals surface area contributed by atoms with Crippen molar-refractivity contribution in [1.29, 1.82) is 0 Å². The second-order valence-corrected chi connectivity index (χ2v) is 7.22. The number of alkyl halides is 3. The van der Waals surface area contributed by atoms with E-state index in [9.17, 15) is 21.6 Å². The topological polar surface area (TPSA) is 78.0 Å². The highest BCUT2D eigenvalue weighted by atomic mass is 32.2. The Morgan fingerprint density at radius 3 is 2.10 bits per heavy atom. The number of allylic oxidation sites excluding steroid dienone is 2. The summed E-state index contributed by atoms with van der Waals surface area (Å²) in [5, 5.41) is 8.61. The van der Waals surface area contributed by atoms with E-state index in [-0.39, 0.29) is 11.3 Å². The lowest BCUT2D eigenvalue weighted by Crippen LogP contribution is -2.12. The van der Waals surface area contributed by atoms with Gasteiger partial charge in [-0.2, -0.15) is 18.3 Å². The standard InChI is InChI=1S/C15H16F3N3O2S.C3H6.C2H6/c1-3-10(2)8-12-9-14(15(16,17)18)20-21(12)11-4-6-13(7-5-11)24(19,22)23;1-3-2;1-2/h4-7,9H,2-3,8H2,1H3,(H2,19,22,23);3H,1H2,2H3;1-2H3. The lowest BCUT2D eigenvalue weighted by Gasteiger charge is -2.09. The summed E-state index contributed by atoms with van der Waals surface area (Å²) in [4.78, 5) is -0.131. The molecule has 2 N–H and O–H groups in total. The van der Waals surface area contributed by atoms with E-state index in [0.717, 1.165) is 16.3 Å². The molecule has 0 radical (unpaired) electrons. The Hall–Kier alpha value is -2.39. The number of aromatic nitrogens is 2. The maximum Gasteiger partial charge on any atom is 0.435 e. The molecule has 5 nitrogen and oxygen atoms in total. The summed E-state index contributed by atoms with van der Waals surface area (Å²) in [6.07, 6.45) is -1.97. The van der Waals surface area contributed by atoms with Crippen LogP contribution in [0.5, 0.6) is 0 Å². The Morgan fingerprint density at radius 2 is 1.72 bits per heavy atom. The van der Waals surface area contributed by atoms with Gasteiger partial charge in [0.1, 0.15) is 0 Å². The fourth-order valence-electron chi connectivity index (χ4n) is 2.07. The first kappa shape index (κ1) is 26.6. The summed E-state index contributed by atoms with van der Waals surface area (Å²) < 4.78 is 62.5. The van der Waals surface area contributed by atoms with Gasteiger partial charge in [0.05, 0.1) is 10.6 Å². The van der Waals surface area contributed by atoms with Crippen LogP contribution in [0, 0.1) is 0 Å². The van der Waals surface area contributed by atoms with Crippen molar-refractivity contribution in [3.8, 4) is 5.69 Å². The fourth-order valence-corrected chi connectivity index (χ4v) is 2.58. The lowest BCUT2D eigenvalue weighted by atomic mass is 10.1. The molecular formula is C20H28F3N3O2S. The molecule has 0 saturated carbocycles. The first-order chi connectivity index (χ1) is 13.4. The van der Waals surface area contributed by atoms with Gasteiger partial charge in [0.2, 0.25) is 10.0 Å². The van der Waals surface area contributed by atoms with Crippen molar-refractivity contribution in [1.82, 2.24) is 9.78 Å². The smallest absolute Gasteiger partial charge is 0.237 e. The van der Waals surface area contributed by atoms with Crippen LogP contribution in [0.3, 0.4) is 0 Å². The highest BCUT2D eigenvalue weighted by Gasteiger charge is 2.35. The minimum Gasteiger partial charge on any atom is -0.237 e. The summed E-state index contributed by atoms with van der Waals surface area (Å²) in [7, 11) is -3.88. The van der Waals surface area contributed by atoms with Gasteiger partial charge in [-0.3, -0.25) is 0 Å². The third-order valence-corrected chi connectivity index (χ3v) is 4.34. The molecule has 1 heterocycles. The Morgan fingerprint density at radius 1 is 1.24 bits per heavy atom. The zero-order valence-electron chi connectivity index (χ0n) is 17.1. The van der Waals surface area contributed by atoms with Crippen LogP contribution in [0.2, 0.25) is 0 Å². The van der Waals surface area contributed by atoms with Crippen molar-refractivity contribution in [2.24, 2.45) is 5.14 Å². The molecular weight excluding hydrogens is 403 g/mol. The van der Waals surface area contributed by atoms with E-state index in [2.05, 4.69) is 18.3 Å². The quantitative estimate of drug-likeness (QED) is 0.656. The van der Waals surface area contributed by atoms with E-state index < -0.39 is 21.9 Å². The van der Waals surface area contributed by atoms with Crippen molar-refractivity contribution in [2.45, 2.75) is 51.6 Å². The normalized spacial score (nSPS) is 10.9. The van der Waals surface area contributed by atoms with Crippen molar-refractivity contribution < 1.29 is 21.6 Å². The second-order valence-electron chi connectivity index (χ2n) is 5.66. The van der Waals surface area contributed by atoms with Gasteiger partial charge in [-0.25, -0.2) is 18.2 Å². The largest absolute Gasteiger partial charge is 0.435 e. The molecule has 0 spiro atoms. The third-order valence-electron chi connectivity index (χ3n) is 3.41. The monoisotopic (exact) mass is 431 g/mol. The highest BCUT2D eigenvalue weighted by molar-refractivity contribution is 7.89. The summed E-state index contributed by atoms with van der Waals surface area (Å²) in [6, 6.07) is 6.11. The van der Waals surface area contributed by atoms with Crippen LogP contribution < -0.4 is 5.14 Å². The molecule has 0 aliphatic carbocycles. The Bertz CT molecular complexity index is 900. The summed E-state index contributed by atoms with van der Waals surface area (Å²) in [6.45, 7) is 14.9. The van der Waals surface area contributed by atoms with Crippen molar-refractivity contribution in [3.05, 3.63) is 66.5 Å². The number of hydrogen-bond donors (Lipinski definition) is 1. The van der Waals surface area contributed by atoms with Gasteiger partial charge in [-0.05, 0) is 43.7 Å². The van der Waals surface area contributed by atoms with Gasteiger partial charge in [-0.15, -0.1) is 6.58 Å². The maximum atomic E-state index is 12.9. The average Bonchev–Trinajstić information content (AvgIpc) is 3.07. The number of benzene rings is 1. The molecule has 0 aliphatic heterocycles.